The maximum atomic E-state index is 5.72. The first-order valence-electron chi connectivity index (χ1n) is 9.16. The van der Waals surface area contributed by atoms with E-state index in [2.05, 4.69) is 37.9 Å². The summed E-state index contributed by atoms with van der Waals surface area (Å²) < 4.78 is 13.2. The topological polar surface area (TPSA) is 9.23 Å². The molecular formula is C19H36OSn. The Morgan fingerprint density at radius 3 is 1.76 bits per heavy atom. The number of ether oxygens (including phenoxy) is 1. The molecule has 0 aliphatic carbocycles. The van der Waals surface area contributed by atoms with Crippen LogP contribution in [0.4, 0.5) is 0 Å². The van der Waals surface area contributed by atoms with E-state index in [0.29, 0.717) is 0 Å². The van der Waals surface area contributed by atoms with E-state index >= 15 is 0 Å². The van der Waals surface area contributed by atoms with Gasteiger partial charge in [0.2, 0.25) is 0 Å². The Labute approximate surface area is 137 Å². The molecule has 0 bridgehead atoms. The molecule has 122 valence electrons. The molecule has 21 heavy (non-hydrogen) atoms. The zero-order valence-corrected chi connectivity index (χ0v) is 17.7. The first-order chi connectivity index (χ1) is 10.2. The van der Waals surface area contributed by atoms with Crippen LogP contribution in [0.15, 0.2) is 21.3 Å². The van der Waals surface area contributed by atoms with E-state index in [1.165, 1.54) is 44.1 Å². The summed E-state index contributed by atoms with van der Waals surface area (Å²) in [6.07, 6.45) is 10.7. The van der Waals surface area contributed by atoms with Crippen molar-refractivity contribution < 1.29 is 4.74 Å². The average molecular weight is 399 g/mol. The van der Waals surface area contributed by atoms with Gasteiger partial charge < -0.3 is 0 Å². The van der Waals surface area contributed by atoms with Gasteiger partial charge in [-0.25, -0.2) is 0 Å². The summed E-state index contributed by atoms with van der Waals surface area (Å²) in [6.45, 7) is 10.9. The van der Waals surface area contributed by atoms with Crippen LogP contribution in [0.25, 0.3) is 0 Å². The molecule has 0 radical (unpaired) electrons. The van der Waals surface area contributed by atoms with Gasteiger partial charge in [-0.05, 0) is 0 Å². The van der Waals surface area contributed by atoms with Crippen molar-refractivity contribution in [1.82, 2.24) is 0 Å². The molecule has 1 fully saturated rings. The zero-order chi connectivity index (χ0) is 15.6. The van der Waals surface area contributed by atoms with Gasteiger partial charge in [0.1, 0.15) is 0 Å². The Morgan fingerprint density at radius 2 is 1.33 bits per heavy atom. The fourth-order valence-electron chi connectivity index (χ4n) is 3.41. The van der Waals surface area contributed by atoms with Gasteiger partial charge in [0.25, 0.3) is 0 Å². The van der Waals surface area contributed by atoms with E-state index < -0.39 is 18.4 Å². The molecule has 0 N–H and O–H groups in total. The van der Waals surface area contributed by atoms with Crippen LogP contribution in [0.1, 0.15) is 66.2 Å². The number of hydrogen-bond donors (Lipinski definition) is 0. The van der Waals surface area contributed by atoms with E-state index in [4.69, 9.17) is 4.74 Å². The van der Waals surface area contributed by atoms with Crippen molar-refractivity contribution in [3.8, 4) is 0 Å². The third-order valence-electron chi connectivity index (χ3n) is 4.84. The molecule has 0 saturated carbocycles. The van der Waals surface area contributed by atoms with Crippen LogP contribution in [-0.4, -0.2) is 31.6 Å². The van der Waals surface area contributed by atoms with Crippen molar-refractivity contribution in [3.63, 3.8) is 0 Å². The SMILES string of the molecule is CC=C1COC/C1=[CH]/[Sn]([CH2]CCC)([CH2]CCC)[CH2]CCC. The Balaban J connectivity index is 2.97. The summed E-state index contributed by atoms with van der Waals surface area (Å²) in [5.74, 6) is 0. The Morgan fingerprint density at radius 1 is 0.857 bits per heavy atom. The van der Waals surface area contributed by atoms with Gasteiger partial charge in [0, 0.05) is 0 Å². The van der Waals surface area contributed by atoms with Gasteiger partial charge in [-0.3, -0.25) is 0 Å². The molecule has 0 spiro atoms. The average Bonchev–Trinajstić information content (AvgIpc) is 2.95. The number of allylic oxidation sites excluding steroid dienone is 1. The van der Waals surface area contributed by atoms with Gasteiger partial charge in [0.15, 0.2) is 0 Å². The maximum absolute atomic E-state index is 5.72. The minimum absolute atomic E-state index is 0.847. The molecular weight excluding hydrogens is 363 g/mol. The summed E-state index contributed by atoms with van der Waals surface area (Å²) in [4.78, 5) is 0. The van der Waals surface area contributed by atoms with E-state index in [-0.39, 0.29) is 0 Å². The Bertz CT molecular complexity index is 322. The number of unbranched alkanes of at least 4 members (excludes halogenated alkanes) is 3. The quantitative estimate of drug-likeness (QED) is 0.393. The van der Waals surface area contributed by atoms with Crippen LogP contribution in [-0.2, 0) is 4.74 Å². The predicted molar refractivity (Wildman–Crippen MR) is 97.6 cm³/mol. The van der Waals surface area contributed by atoms with Crippen molar-refractivity contribution in [2.75, 3.05) is 13.2 Å². The van der Waals surface area contributed by atoms with Gasteiger partial charge in [-0.2, -0.15) is 0 Å². The van der Waals surface area contributed by atoms with E-state index in [1.54, 1.807) is 18.9 Å². The molecule has 1 nitrogen and oxygen atoms in total. The first kappa shape index (κ1) is 19.3. The Kier molecular flexibility index (Phi) is 9.99. The first-order valence-corrected chi connectivity index (χ1v) is 16.9. The van der Waals surface area contributed by atoms with Crippen molar-refractivity contribution in [1.29, 1.82) is 0 Å². The summed E-state index contributed by atoms with van der Waals surface area (Å²) in [5.41, 5.74) is 3.04. The molecule has 0 aromatic carbocycles. The molecule has 0 amide bonds. The van der Waals surface area contributed by atoms with E-state index in [0.717, 1.165) is 13.2 Å². The molecule has 0 atom stereocenters. The second-order valence-corrected chi connectivity index (χ2v) is 19.5. The van der Waals surface area contributed by atoms with Crippen LogP contribution in [0, 0.1) is 0 Å². The predicted octanol–water partition coefficient (Wildman–Crippen LogP) is 6.28. The number of hydrogen-bond acceptors (Lipinski definition) is 1. The summed E-state index contributed by atoms with van der Waals surface area (Å²) >= 11 is -2.12. The van der Waals surface area contributed by atoms with Crippen LogP contribution in [0.2, 0.25) is 13.3 Å². The molecule has 1 aliphatic rings. The standard InChI is InChI=1S/C7H9O.3C4H9.Sn/c1-3-7-5-8-4-6(7)2;3*1-3-4-2;/h2-3H,4-5H2,1H3;3*1,3-4H2,2H3;. The molecule has 0 unspecified atom stereocenters. The summed E-state index contributed by atoms with van der Waals surface area (Å²) in [5, 5.41) is 0. The van der Waals surface area contributed by atoms with E-state index in [1.807, 2.05) is 0 Å². The molecule has 1 heterocycles. The molecule has 1 saturated heterocycles. The molecule has 0 aromatic heterocycles. The molecule has 1 rings (SSSR count). The van der Waals surface area contributed by atoms with Crippen molar-refractivity contribution in [2.45, 2.75) is 79.5 Å². The van der Waals surface area contributed by atoms with Gasteiger partial charge in [0.05, 0.1) is 0 Å². The van der Waals surface area contributed by atoms with Crippen molar-refractivity contribution >= 4 is 18.4 Å². The fourth-order valence-corrected chi connectivity index (χ4v) is 18.7. The second-order valence-electron chi connectivity index (χ2n) is 6.65. The monoisotopic (exact) mass is 400 g/mol. The third-order valence-corrected chi connectivity index (χ3v) is 19.1. The van der Waals surface area contributed by atoms with Crippen molar-refractivity contribution in [3.05, 3.63) is 21.3 Å². The number of rotatable bonds is 10. The summed E-state index contributed by atoms with van der Waals surface area (Å²) in [7, 11) is 0. The normalized spacial score (nSPS) is 19.8. The third kappa shape index (κ3) is 6.48. The molecule has 0 aromatic rings. The minimum atomic E-state index is -2.12. The van der Waals surface area contributed by atoms with Crippen LogP contribution in [0.3, 0.4) is 0 Å². The van der Waals surface area contributed by atoms with Crippen LogP contribution < -0.4 is 0 Å². The van der Waals surface area contributed by atoms with Gasteiger partial charge in [-0.15, -0.1) is 0 Å². The zero-order valence-electron chi connectivity index (χ0n) is 14.8. The van der Waals surface area contributed by atoms with Crippen LogP contribution in [0.5, 0.6) is 0 Å². The second kappa shape index (κ2) is 10.9. The van der Waals surface area contributed by atoms with Crippen LogP contribution >= 0.6 is 0 Å². The van der Waals surface area contributed by atoms with Crippen molar-refractivity contribution in [2.24, 2.45) is 0 Å². The fraction of sp³-hybridized carbons (Fsp3) is 0.789. The van der Waals surface area contributed by atoms with Gasteiger partial charge in [-0.1, -0.05) is 0 Å². The van der Waals surface area contributed by atoms with Gasteiger partial charge >= 0.3 is 137 Å². The molecule has 1 aliphatic heterocycles. The Hall–Kier alpha value is 0.239. The van der Waals surface area contributed by atoms with E-state index in [9.17, 15) is 0 Å². The molecule has 2 heteroatoms. The summed E-state index contributed by atoms with van der Waals surface area (Å²) in [6, 6.07) is 0.